The molecule has 9 nitrogen and oxygen atoms in total. The van der Waals surface area contributed by atoms with Crippen molar-refractivity contribution in [1.82, 2.24) is 0 Å². The Balaban J connectivity index is 0.000000257. The van der Waals surface area contributed by atoms with E-state index in [4.69, 9.17) is 20.4 Å². The van der Waals surface area contributed by atoms with E-state index in [-0.39, 0.29) is 5.75 Å². The van der Waals surface area contributed by atoms with Gasteiger partial charge in [-0.1, -0.05) is 0 Å². The molecule has 0 radical (unpaired) electrons. The number of carboxylic acid groups (broad SMARTS) is 2. The van der Waals surface area contributed by atoms with E-state index in [2.05, 4.69) is 0 Å². The van der Waals surface area contributed by atoms with Crippen LogP contribution in [-0.4, -0.2) is 37.3 Å². The maximum Gasteiger partial charge on any atom is 0.345 e. The van der Waals surface area contributed by atoms with Crippen LogP contribution in [-0.2, 0) is 0 Å². The highest BCUT2D eigenvalue weighted by atomic mass is 19.1. The lowest BCUT2D eigenvalue weighted by molar-refractivity contribution is -0.386. The van der Waals surface area contributed by atoms with Gasteiger partial charge in [-0.25, -0.2) is 18.4 Å². The van der Waals surface area contributed by atoms with Gasteiger partial charge < -0.3 is 20.4 Å². The Morgan fingerprint density at radius 1 is 0.960 bits per heavy atom. The second kappa shape index (κ2) is 7.68. The smallest absolute Gasteiger partial charge is 0.345 e. The summed E-state index contributed by atoms with van der Waals surface area (Å²) >= 11 is 0. The Labute approximate surface area is 137 Å². The number of nitro benzene ring substituents is 1. The molecule has 2 aromatic carbocycles. The van der Waals surface area contributed by atoms with E-state index >= 15 is 0 Å². The third kappa shape index (κ3) is 4.60. The van der Waals surface area contributed by atoms with Crippen molar-refractivity contribution in [2.75, 3.05) is 0 Å². The number of aromatic hydroxyl groups is 2. The first kappa shape index (κ1) is 19.3. The number of carboxylic acids is 2. The molecule has 11 heteroatoms. The highest BCUT2D eigenvalue weighted by Gasteiger charge is 2.28. The lowest BCUT2D eigenvalue weighted by Gasteiger charge is -2.00. The minimum Gasteiger partial charge on any atom is -0.508 e. The molecule has 0 unspecified atom stereocenters. The van der Waals surface area contributed by atoms with Crippen LogP contribution in [0.15, 0.2) is 30.3 Å². The van der Waals surface area contributed by atoms with Gasteiger partial charge in [-0.2, -0.15) is 0 Å². The molecule has 0 heterocycles. The number of nitro groups is 1. The molecule has 2 rings (SSSR count). The van der Waals surface area contributed by atoms with Crippen LogP contribution in [0.3, 0.4) is 0 Å². The van der Waals surface area contributed by atoms with Gasteiger partial charge in [0.2, 0.25) is 0 Å². The quantitative estimate of drug-likeness (QED) is 0.481. The maximum atomic E-state index is 12.8. The van der Waals surface area contributed by atoms with Crippen molar-refractivity contribution in [2.45, 2.75) is 0 Å². The summed E-state index contributed by atoms with van der Waals surface area (Å²) in [5.41, 5.74) is -2.81. The molecule has 0 amide bonds. The van der Waals surface area contributed by atoms with Gasteiger partial charge in [-0.05, 0) is 30.3 Å². The van der Waals surface area contributed by atoms with Gasteiger partial charge in [0.15, 0.2) is 11.3 Å². The first-order valence-corrected chi connectivity index (χ1v) is 6.17. The Bertz CT molecular complexity index is 814. The standard InChI is InChI=1S/C7H4FNO5.C7H5FO3/c8-3-1-2-4(10)6(9(13)14)5(3)7(11)12;8-6-2-1-4(9)3-5(6)7(10)11/h1-2,10H,(H,11,12);1-3,9H,(H,10,11). The van der Waals surface area contributed by atoms with Crippen molar-refractivity contribution >= 4 is 17.6 Å². The maximum absolute atomic E-state index is 12.8. The summed E-state index contributed by atoms with van der Waals surface area (Å²) in [5.74, 6) is -6.45. The van der Waals surface area contributed by atoms with E-state index in [1.165, 1.54) is 0 Å². The van der Waals surface area contributed by atoms with Crippen LogP contribution in [0.25, 0.3) is 0 Å². The molecule has 0 bridgehead atoms. The highest BCUT2D eigenvalue weighted by molar-refractivity contribution is 5.94. The summed E-state index contributed by atoms with van der Waals surface area (Å²) in [7, 11) is 0. The molecule has 0 aromatic heterocycles. The highest BCUT2D eigenvalue weighted by Crippen LogP contribution is 2.31. The number of halogens is 2. The lowest BCUT2D eigenvalue weighted by atomic mass is 10.1. The molecule has 0 saturated carbocycles. The third-order valence-electron chi connectivity index (χ3n) is 2.68. The van der Waals surface area contributed by atoms with Gasteiger partial charge in [0.25, 0.3) is 0 Å². The van der Waals surface area contributed by atoms with Crippen LogP contribution >= 0.6 is 0 Å². The zero-order valence-electron chi connectivity index (χ0n) is 12.0. The number of carbonyl (C=O) groups is 2. The summed E-state index contributed by atoms with van der Waals surface area (Å²) in [5, 5.41) is 44.8. The zero-order chi connectivity index (χ0) is 19.3. The minimum absolute atomic E-state index is 0.260. The first-order chi connectivity index (χ1) is 11.6. The molecule has 0 aliphatic heterocycles. The summed E-state index contributed by atoms with van der Waals surface area (Å²) in [6.07, 6.45) is 0. The molecule has 0 fully saturated rings. The number of nitrogens with zero attached hydrogens (tertiary/aromatic N) is 1. The second-order valence-electron chi connectivity index (χ2n) is 4.32. The Hall–Kier alpha value is -3.76. The molecule has 132 valence electrons. The fraction of sp³-hybridized carbons (Fsp3) is 0. The largest absolute Gasteiger partial charge is 0.508 e. The predicted octanol–water partition coefficient (Wildman–Crippen LogP) is 2.37. The number of hydrogen-bond donors (Lipinski definition) is 4. The van der Waals surface area contributed by atoms with Crippen LogP contribution in [0.4, 0.5) is 14.5 Å². The van der Waals surface area contributed by atoms with Crippen molar-refractivity contribution in [3.8, 4) is 11.5 Å². The number of hydrogen-bond acceptors (Lipinski definition) is 6. The van der Waals surface area contributed by atoms with E-state index in [9.17, 15) is 28.5 Å². The molecule has 0 saturated heterocycles. The monoisotopic (exact) mass is 357 g/mol. The predicted molar refractivity (Wildman–Crippen MR) is 76.7 cm³/mol. The summed E-state index contributed by atoms with van der Waals surface area (Å²) in [6, 6.07) is 4.21. The van der Waals surface area contributed by atoms with Crippen LogP contribution in [0.1, 0.15) is 20.7 Å². The van der Waals surface area contributed by atoms with Gasteiger partial charge in [0.1, 0.15) is 17.4 Å². The van der Waals surface area contributed by atoms with Gasteiger partial charge in [-0.15, -0.1) is 0 Å². The van der Waals surface area contributed by atoms with E-state index < -0.39 is 51.1 Å². The van der Waals surface area contributed by atoms with Crippen molar-refractivity contribution in [3.05, 3.63) is 63.2 Å². The SMILES string of the molecule is O=C(O)c1c(F)ccc(O)c1[N+](=O)[O-].O=C(O)c1cc(O)ccc1F. The molecule has 25 heavy (non-hydrogen) atoms. The van der Waals surface area contributed by atoms with Gasteiger partial charge in [0.05, 0.1) is 10.5 Å². The molecule has 0 spiro atoms. The third-order valence-corrected chi connectivity index (χ3v) is 2.68. The molecule has 4 N–H and O–H groups in total. The van der Waals surface area contributed by atoms with E-state index in [0.717, 1.165) is 24.3 Å². The number of rotatable bonds is 3. The van der Waals surface area contributed by atoms with Crippen molar-refractivity contribution < 1.29 is 43.7 Å². The fourth-order valence-corrected chi connectivity index (χ4v) is 1.62. The minimum atomic E-state index is -1.80. The van der Waals surface area contributed by atoms with E-state index in [1.807, 2.05) is 0 Å². The topological polar surface area (TPSA) is 158 Å². The van der Waals surface area contributed by atoms with Crippen molar-refractivity contribution in [3.63, 3.8) is 0 Å². The lowest BCUT2D eigenvalue weighted by Crippen LogP contribution is -2.05. The molecular weight excluding hydrogens is 348 g/mol. The molecule has 0 atom stereocenters. The van der Waals surface area contributed by atoms with Gasteiger partial charge in [-0.3, -0.25) is 10.1 Å². The van der Waals surface area contributed by atoms with Crippen molar-refractivity contribution in [1.29, 1.82) is 0 Å². The summed E-state index contributed by atoms with van der Waals surface area (Å²) < 4.78 is 25.4. The van der Waals surface area contributed by atoms with Gasteiger partial charge >= 0.3 is 17.6 Å². The fourth-order valence-electron chi connectivity index (χ4n) is 1.62. The molecular formula is C14H9F2NO8. The number of aromatic carboxylic acids is 2. The van der Waals surface area contributed by atoms with Crippen molar-refractivity contribution in [2.24, 2.45) is 0 Å². The summed E-state index contributed by atoms with van der Waals surface area (Å²) in [4.78, 5) is 29.8. The number of benzene rings is 2. The van der Waals surface area contributed by atoms with E-state index in [1.54, 1.807) is 0 Å². The number of phenolic OH excluding ortho intramolecular Hbond substituents is 2. The Morgan fingerprint density at radius 3 is 1.92 bits per heavy atom. The normalized spacial score (nSPS) is 9.68. The number of phenols is 2. The van der Waals surface area contributed by atoms with Crippen LogP contribution in [0.5, 0.6) is 11.5 Å². The Morgan fingerprint density at radius 2 is 1.52 bits per heavy atom. The Kier molecular flexibility index (Phi) is 5.92. The second-order valence-corrected chi connectivity index (χ2v) is 4.32. The van der Waals surface area contributed by atoms with Crippen LogP contribution in [0, 0.1) is 21.7 Å². The first-order valence-electron chi connectivity index (χ1n) is 6.17. The average molecular weight is 357 g/mol. The van der Waals surface area contributed by atoms with Crippen LogP contribution < -0.4 is 0 Å². The van der Waals surface area contributed by atoms with E-state index in [0.29, 0.717) is 6.07 Å². The molecule has 2 aromatic rings. The zero-order valence-corrected chi connectivity index (χ0v) is 12.0. The molecule has 0 aliphatic rings. The molecule has 0 aliphatic carbocycles. The van der Waals surface area contributed by atoms with Crippen LogP contribution in [0.2, 0.25) is 0 Å². The van der Waals surface area contributed by atoms with Gasteiger partial charge in [0, 0.05) is 0 Å². The average Bonchev–Trinajstić information content (AvgIpc) is 2.51. The summed E-state index contributed by atoms with van der Waals surface area (Å²) in [6.45, 7) is 0.